The van der Waals surface area contributed by atoms with E-state index in [0.29, 0.717) is 0 Å². The van der Waals surface area contributed by atoms with E-state index in [1.54, 1.807) is 11.8 Å². The van der Waals surface area contributed by atoms with Crippen molar-refractivity contribution in [2.45, 2.75) is 10.8 Å². The fourth-order valence-corrected chi connectivity index (χ4v) is 2.95. The van der Waals surface area contributed by atoms with Crippen LogP contribution in [0.15, 0.2) is 65.7 Å². The van der Waals surface area contributed by atoms with Crippen LogP contribution in [0.3, 0.4) is 0 Å². The molecule has 0 aliphatic carbocycles. The summed E-state index contributed by atoms with van der Waals surface area (Å²) in [4.78, 5) is 4.64. The lowest BCUT2D eigenvalue weighted by Gasteiger charge is -2.03. The molecule has 3 rings (SSSR count). The van der Waals surface area contributed by atoms with E-state index in [1.807, 2.05) is 36.4 Å². The lowest BCUT2D eigenvalue weighted by molar-refractivity contribution is 1.18. The van der Waals surface area contributed by atoms with E-state index < -0.39 is 0 Å². The highest BCUT2D eigenvalue weighted by Gasteiger charge is 2.00. The molecule has 0 spiro atoms. The van der Waals surface area contributed by atoms with Crippen LogP contribution in [0, 0.1) is 0 Å². The van der Waals surface area contributed by atoms with Crippen molar-refractivity contribution in [1.82, 2.24) is 4.98 Å². The average molecular weight is 286 g/mol. The van der Waals surface area contributed by atoms with Crippen LogP contribution in [-0.4, -0.2) is 4.98 Å². The normalized spacial score (nSPS) is 10.8. The Morgan fingerprint density at radius 2 is 1.84 bits per heavy atom. The van der Waals surface area contributed by atoms with Crippen molar-refractivity contribution in [2.75, 3.05) is 0 Å². The quantitative estimate of drug-likeness (QED) is 0.615. The predicted molar refractivity (Wildman–Crippen MR) is 82.8 cm³/mol. The van der Waals surface area contributed by atoms with Gasteiger partial charge in [-0.3, -0.25) is 0 Å². The minimum Gasteiger partial charge on any atom is -0.241 e. The molecule has 19 heavy (non-hydrogen) atoms. The zero-order chi connectivity index (χ0) is 13.1. The lowest BCUT2D eigenvalue weighted by Crippen LogP contribution is -1.84. The van der Waals surface area contributed by atoms with E-state index >= 15 is 0 Å². The fraction of sp³-hybridized carbons (Fsp3) is 0.0625. The van der Waals surface area contributed by atoms with Crippen molar-refractivity contribution >= 4 is 34.3 Å². The molecule has 2 aromatic carbocycles. The van der Waals surface area contributed by atoms with Gasteiger partial charge < -0.3 is 0 Å². The van der Waals surface area contributed by atoms with Gasteiger partial charge in [-0.15, -0.1) is 11.8 Å². The van der Waals surface area contributed by atoms with E-state index in [0.717, 1.165) is 21.3 Å². The fourth-order valence-electron chi connectivity index (χ4n) is 1.91. The van der Waals surface area contributed by atoms with Gasteiger partial charge in [-0.2, -0.15) is 0 Å². The van der Waals surface area contributed by atoms with Crippen LogP contribution in [0.1, 0.15) is 5.56 Å². The Labute approximate surface area is 121 Å². The molecule has 94 valence electrons. The van der Waals surface area contributed by atoms with Gasteiger partial charge in [0.2, 0.25) is 0 Å². The summed E-state index contributed by atoms with van der Waals surface area (Å²) < 4.78 is 0. The van der Waals surface area contributed by atoms with Crippen LogP contribution in [0.25, 0.3) is 10.9 Å². The molecule has 0 fully saturated rings. The third-order valence-electron chi connectivity index (χ3n) is 2.85. The minimum absolute atomic E-state index is 0.782. The molecule has 0 bridgehead atoms. The maximum absolute atomic E-state index is 5.98. The van der Waals surface area contributed by atoms with Gasteiger partial charge in [0.05, 0.1) is 10.5 Å². The maximum Gasteiger partial charge on any atom is 0.0970 e. The third kappa shape index (κ3) is 3.09. The van der Waals surface area contributed by atoms with Crippen LogP contribution in [0.5, 0.6) is 0 Å². The Morgan fingerprint density at radius 1 is 0.947 bits per heavy atom. The molecular weight excluding hydrogens is 274 g/mol. The van der Waals surface area contributed by atoms with Gasteiger partial charge in [0.15, 0.2) is 0 Å². The number of benzene rings is 2. The number of hydrogen-bond acceptors (Lipinski definition) is 2. The second-order valence-electron chi connectivity index (χ2n) is 4.26. The summed E-state index contributed by atoms with van der Waals surface area (Å²) in [5.41, 5.74) is 2.26. The van der Waals surface area contributed by atoms with Gasteiger partial charge >= 0.3 is 0 Å². The highest BCUT2D eigenvalue weighted by atomic mass is 35.5. The van der Waals surface area contributed by atoms with Gasteiger partial charge in [0.25, 0.3) is 0 Å². The van der Waals surface area contributed by atoms with Gasteiger partial charge in [-0.1, -0.05) is 48.0 Å². The van der Waals surface area contributed by atoms with Crippen LogP contribution in [-0.2, 0) is 5.75 Å². The molecule has 3 heteroatoms. The predicted octanol–water partition coefficient (Wildman–Crippen LogP) is 5.18. The van der Waals surface area contributed by atoms with Gasteiger partial charge in [-0.05, 0) is 29.8 Å². The molecule has 3 aromatic rings. The molecule has 0 atom stereocenters. The van der Waals surface area contributed by atoms with Crippen LogP contribution in [0.2, 0.25) is 5.02 Å². The smallest absolute Gasteiger partial charge is 0.0970 e. The summed E-state index contributed by atoms with van der Waals surface area (Å²) in [7, 11) is 0. The first-order chi connectivity index (χ1) is 9.31. The van der Waals surface area contributed by atoms with E-state index in [4.69, 9.17) is 11.6 Å². The molecular formula is C16H12ClNS. The van der Waals surface area contributed by atoms with Crippen molar-refractivity contribution < 1.29 is 0 Å². The maximum atomic E-state index is 5.98. The molecule has 1 nitrogen and oxygen atoms in total. The Kier molecular flexibility index (Phi) is 3.72. The monoisotopic (exact) mass is 285 g/mol. The zero-order valence-corrected chi connectivity index (χ0v) is 11.8. The zero-order valence-electron chi connectivity index (χ0n) is 10.2. The van der Waals surface area contributed by atoms with E-state index in [2.05, 4.69) is 29.2 Å². The SMILES string of the molecule is Clc1cccc(CSc2ccc3ccccc3n2)c1. The number of thioether (sulfide) groups is 1. The van der Waals surface area contributed by atoms with Crippen LogP contribution in [0.4, 0.5) is 0 Å². The Morgan fingerprint density at radius 3 is 2.74 bits per heavy atom. The molecule has 1 heterocycles. The van der Waals surface area contributed by atoms with E-state index in [-0.39, 0.29) is 0 Å². The van der Waals surface area contributed by atoms with Crippen molar-refractivity contribution in [3.8, 4) is 0 Å². The third-order valence-corrected chi connectivity index (χ3v) is 4.08. The summed E-state index contributed by atoms with van der Waals surface area (Å²) in [6.07, 6.45) is 0. The van der Waals surface area contributed by atoms with E-state index in [1.165, 1.54) is 10.9 Å². The van der Waals surface area contributed by atoms with Crippen LogP contribution < -0.4 is 0 Å². The number of pyridine rings is 1. The molecule has 0 unspecified atom stereocenters. The summed E-state index contributed by atoms with van der Waals surface area (Å²) in [5, 5.41) is 3.00. The number of fused-ring (bicyclic) bond motifs is 1. The number of hydrogen-bond donors (Lipinski definition) is 0. The minimum atomic E-state index is 0.782. The first kappa shape index (κ1) is 12.5. The number of halogens is 1. The summed E-state index contributed by atoms with van der Waals surface area (Å²) >= 11 is 7.71. The first-order valence-electron chi connectivity index (χ1n) is 6.04. The number of nitrogens with zero attached hydrogens (tertiary/aromatic N) is 1. The Balaban J connectivity index is 1.78. The molecule has 0 amide bonds. The number of rotatable bonds is 3. The lowest BCUT2D eigenvalue weighted by atomic mass is 10.2. The first-order valence-corrected chi connectivity index (χ1v) is 7.41. The van der Waals surface area contributed by atoms with Crippen molar-refractivity contribution in [3.05, 3.63) is 71.2 Å². The van der Waals surface area contributed by atoms with Crippen molar-refractivity contribution in [2.24, 2.45) is 0 Å². The Bertz CT molecular complexity index is 712. The summed E-state index contributed by atoms with van der Waals surface area (Å²) in [5.74, 6) is 0.881. The summed E-state index contributed by atoms with van der Waals surface area (Å²) in [6, 6.07) is 20.3. The molecule has 0 N–H and O–H groups in total. The largest absolute Gasteiger partial charge is 0.241 e. The number of aromatic nitrogens is 1. The second-order valence-corrected chi connectivity index (χ2v) is 5.69. The topological polar surface area (TPSA) is 12.9 Å². The van der Waals surface area contributed by atoms with Gasteiger partial charge in [-0.25, -0.2) is 4.98 Å². The summed E-state index contributed by atoms with van der Waals surface area (Å²) in [6.45, 7) is 0. The van der Waals surface area contributed by atoms with Gasteiger partial charge in [0.1, 0.15) is 0 Å². The van der Waals surface area contributed by atoms with E-state index in [9.17, 15) is 0 Å². The standard InChI is InChI=1S/C16H12ClNS/c17-14-6-3-4-12(10-14)11-19-16-9-8-13-5-1-2-7-15(13)18-16/h1-10H,11H2. The molecule has 0 saturated carbocycles. The molecule has 0 radical (unpaired) electrons. The molecule has 0 aliphatic rings. The van der Waals surface area contributed by atoms with Crippen molar-refractivity contribution in [3.63, 3.8) is 0 Å². The van der Waals surface area contributed by atoms with Crippen molar-refractivity contribution in [1.29, 1.82) is 0 Å². The molecule has 0 saturated heterocycles. The second kappa shape index (κ2) is 5.64. The highest BCUT2D eigenvalue weighted by molar-refractivity contribution is 7.98. The molecule has 1 aromatic heterocycles. The average Bonchev–Trinajstić information content (AvgIpc) is 2.45. The molecule has 0 aliphatic heterocycles. The van der Waals surface area contributed by atoms with Gasteiger partial charge in [0, 0.05) is 16.2 Å². The number of para-hydroxylation sites is 1. The van der Waals surface area contributed by atoms with Crippen LogP contribution >= 0.6 is 23.4 Å². The highest BCUT2D eigenvalue weighted by Crippen LogP contribution is 2.24. The Hall–Kier alpha value is -1.51.